The van der Waals surface area contributed by atoms with Crippen LogP contribution < -0.4 is 5.32 Å². The lowest BCUT2D eigenvalue weighted by molar-refractivity contribution is 0.237. The lowest BCUT2D eigenvalue weighted by Gasteiger charge is -2.31. The van der Waals surface area contributed by atoms with Crippen LogP contribution in [0, 0.1) is 11.8 Å². The molecule has 0 radical (unpaired) electrons. The molecule has 2 aliphatic heterocycles. The van der Waals surface area contributed by atoms with Gasteiger partial charge in [-0.2, -0.15) is 0 Å². The van der Waals surface area contributed by atoms with Gasteiger partial charge < -0.3 is 10.2 Å². The van der Waals surface area contributed by atoms with E-state index in [1.807, 2.05) is 0 Å². The molecule has 1 saturated heterocycles. The van der Waals surface area contributed by atoms with Gasteiger partial charge in [-0.05, 0) is 61.7 Å². The summed E-state index contributed by atoms with van der Waals surface area (Å²) in [5.74, 6) is 1.79. The topological polar surface area (TPSA) is 15.3 Å². The molecule has 116 valence electrons. The van der Waals surface area contributed by atoms with Crippen molar-refractivity contribution >= 4 is 0 Å². The van der Waals surface area contributed by atoms with Crippen molar-refractivity contribution in [2.75, 3.05) is 19.6 Å². The molecule has 1 N–H and O–H groups in total. The molecule has 2 heterocycles. The van der Waals surface area contributed by atoms with Gasteiger partial charge in [-0.15, -0.1) is 0 Å². The maximum absolute atomic E-state index is 3.74. The number of fused-ring (bicyclic) bond motifs is 1. The maximum atomic E-state index is 3.74. The minimum absolute atomic E-state index is 0.635. The van der Waals surface area contributed by atoms with Crippen molar-refractivity contribution in [2.45, 2.75) is 52.1 Å². The van der Waals surface area contributed by atoms with Gasteiger partial charge in [0.25, 0.3) is 0 Å². The van der Waals surface area contributed by atoms with Gasteiger partial charge in [-0.1, -0.05) is 38.1 Å². The Kier molecular flexibility index (Phi) is 4.97. The predicted octanol–water partition coefficient (Wildman–Crippen LogP) is 3.46. The van der Waals surface area contributed by atoms with Crippen LogP contribution in [-0.4, -0.2) is 30.6 Å². The van der Waals surface area contributed by atoms with E-state index in [0.717, 1.165) is 18.4 Å². The molecule has 2 atom stereocenters. The van der Waals surface area contributed by atoms with Crippen molar-refractivity contribution in [3.63, 3.8) is 0 Å². The predicted molar refractivity (Wildman–Crippen MR) is 89.4 cm³/mol. The molecule has 0 bridgehead atoms. The molecule has 1 aromatic rings. The van der Waals surface area contributed by atoms with Crippen molar-refractivity contribution in [2.24, 2.45) is 11.8 Å². The number of hydrogen-bond acceptors (Lipinski definition) is 2. The number of nitrogens with one attached hydrogen (secondary N) is 1. The number of benzene rings is 1. The summed E-state index contributed by atoms with van der Waals surface area (Å²) < 4.78 is 0. The van der Waals surface area contributed by atoms with Crippen molar-refractivity contribution in [3.05, 3.63) is 35.4 Å². The summed E-state index contributed by atoms with van der Waals surface area (Å²) in [5, 5.41) is 3.74. The van der Waals surface area contributed by atoms with E-state index < -0.39 is 0 Å². The molecule has 0 aromatic heterocycles. The molecular weight excluding hydrogens is 256 g/mol. The largest absolute Gasteiger partial charge is 0.308 e. The summed E-state index contributed by atoms with van der Waals surface area (Å²) in [6, 6.07) is 9.54. The molecule has 1 fully saturated rings. The fraction of sp³-hybridized carbons (Fsp3) is 0.684. The van der Waals surface area contributed by atoms with Crippen molar-refractivity contribution in [3.8, 4) is 0 Å². The van der Waals surface area contributed by atoms with Gasteiger partial charge in [0.1, 0.15) is 0 Å². The average molecular weight is 286 g/mol. The van der Waals surface area contributed by atoms with E-state index in [4.69, 9.17) is 0 Å². The highest BCUT2D eigenvalue weighted by Crippen LogP contribution is 2.25. The molecule has 2 aliphatic rings. The first-order valence-electron chi connectivity index (χ1n) is 8.75. The Balaban J connectivity index is 1.53. The quantitative estimate of drug-likeness (QED) is 0.915. The van der Waals surface area contributed by atoms with Crippen LogP contribution in [0.1, 0.15) is 44.2 Å². The van der Waals surface area contributed by atoms with E-state index >= 15 is 0 Å². The van der Waals surface area contributed by atoms with Gasteiger partial charge in [-0.3, -0.25) is 0 Å². The molecule has 3 rings (SSSR count). The molecule has 0 spiro atoms. The standard InChI is InChI=1S/C19H30N2/c1-15(2)16-8-5-10-21(11-9-16)14-19-12-17-6-3-4-7-18(17)13-20-19/h3-4,6-7,15-16,19-20H,5,8-14H2,1-2H3. The molecule has 0 aliphatic carbocycles. The van der Waals surface area contributed by atoms with Crippen LogP contribution in [0.5, 0.6) is 0 Å². The summed E-state index contributed by atoms with van der Waals surface area (Å²) in [4.78, 5) is 2.70. The third-order valence-corrected chi connectivity index (χ3v) is 5.45. The monoisotopic (exact) mass is 286 g/mol. The van der Waals surface area contributed by atoms with E-state index in [1.165, 1.54) is 50.9 Å². The number of rotatable bonds is 3. The van der Waals surface area contributed by atoms with E-state index in [-0.39, 0.29) is 0 Å². The zero-order valence-corrected chi connectivity index (χ0v) is 13.6. The highest BCUT2D eigenvalue weighted by molar-refractivity contribution is 5.29. The highest BCUT2D eigenvalue weighted by Gasteiger charge is 2.23. The zero-order valence-electron chi connectivity index (χ0n) is 13.6. The lowest BCUT2D eigenvalue weighted by Crippen LogP contribution is -2.45. The molecule has 2 unspecified atom stereocenters. The number of nitrogens with zero attached hydrogens (tertiary/aromatic N) is 1. The Morgan fingerprint density at radius 3 is 2.76 bits per heavy atom. The summed E-state index contributed by atoms with van der Waals surface area (Å²) in [6.45, 7) is 9.63. The van der Waals surface area contributed by atoms with Gasteiger partial charge in [0, 0.05) is 19.1 Å². The zero-order chi connectivity index (χ0) is 14.7. The maximum Gasteiger partial charge on any atom is 0.0238 e. The van der Waals surface area contributed by atoms with Crippen LogP contribution in [0.15, 0.2) is 24.3 Å². The Bertz CT molecular complexity index is 455. The van der Waals surface area contributed by atoms with Crippen LogP contribution in [0.25, 0.3) is 0 Å². The summed E-state index contributed by atoms with van der Waals surface area (Å²) in [7, 11) is 0. The summed E-state index contributed by atoms with van der Waals surface area (Å²) in [5.41, 5.74) is 3.04. The van der Waals surface area contributed by atoms with Crippen molar-refractivity contribution < 1.29 is 0 Å². The number of hydrogen-bond donors (Lipinski definition) is 1. The lowest BCUT2D eigenvalue weighted by atomic mass is 9.89. The van der Waals surface area contributed by atoms with Crippen LogP contribution in [0.2, 0.25) is 0 Å². The minimum Gasteiger partial charge on any atom is -0.308 e. The van der Waals surface area contributed by atoms with Gasteiger partial charge >= 0.3 is 0 Å². The first kappa shape index (κ1) is 15.1. The van der Waals surface area contributed by atoms with Gasteiger partial charge in [-0.25, -0.2) is 0 Å². The van der Waals surface area contributed by atoms with Gasteiger partial charge in [0.15, 0.2) is 0 Å². The Morgan fingerprint density at radius 1 is 1.14 bits per heavy atom. The molecule has 0 saturated carbocycles. The van der Waals surface area contributed by atoms with Gasteiger partial charge in [0.2, 0.25) is 0 Å². The Hall–Kier alpha value is -0.860. The average Bonchev–Trinajstić information content (AvgIpc) is 2.73. The second-order valence-electron chi connectivity index (χ2n) is 7.29. The van der Waals surface area contributed by atoms with Crippen LogP contribution in [0.4, 0.5) is 0 Å². The first-order valence-corrected chi connectivity index (χ1v) is 8.75. The third-order valence-electron chi connectivity index (χ3n) is 5.45. The third kappa shape index (κ3) is 3.87. The second-order valence-corrected chi connectivity index (χ2v) is 7.29. The number of likely N-dealkylation sites (tertiary alicyclic amines) is 1. The van der Waals surface area contributed by atoms with Crippen LogP contribution >= 0.6 is 0 Å². The van der Waals surface area contributed by atoms with Gasteiger partial charge in [0.05, 0.1) is 0 Å². The SMILES string of the molecule is CC(C)C1CCCN(CC2Cc3ccccc3CN2)CC1. The van der Waals surface area contributed by atoms with Crippen molar-refractivity contribution in [1.82, 2.24) is 10.2 Å². The van der Waals surface area contributed by atoms with Crippen LogP contribution in [0.3, 0.4) is 0 Å². The Labute approximate surface area is 129 Å². The second kappa shape index (κ2) is 6.93. The van der Waals surface area contributed by atoms with E-state index in [2.05, 4.69) is 48.3 Å². The van der Waals surface area contributed by atoms with E-state index in [1.54, 1.807) is 5.56 Å². The molecule has 21 heavy (non-hydrogen) atoms. The Morgan fingerprint density at radius 2 is 1.95 bits per heavy atom. The first-order chi connectivity index (χ1) is 10.2. The molecule has 2 heteroatoms. The minimum atomic E-state index is 0.635. The fourth-order valence-electron chi connectivity index (χ4n) is 3.99. The summed E-state index contributed by atoms with van der Waals surface area (Å²) in [6.07, 6.45) is 5.39. The smallest absolute Gasteiger partial charge is 0.0238 e. The van der Waals surface area contributed by atoms with Crippen LogP contribution in [-0.2, 0) is 13.0 Å². The molecule has 0 amide bonds. The normalized spacial score (nSPS) is 27.4. The highest BCUT2D eigenvalue weighted by atomic mass is 15.1. The van der Waals surface area contributed by atoms with E-state index in [0.29, 0.717) is 6.04 Å². The molecule has 2 nitrogen and oxygen atoms in total. The van der Waals surface area contributed by atoms with E-state index in [9.17, 15) is 0 Å². The fourth-order valence-corrected chi connectivity index (χ4v) is 3.99. The summed E-state index contributed by atoms with van der Waals surface area (Å²) >= 11 is 0. The molecular formula is C19H30N2. The van der Waals surface area contributed by atoms with Crippen molar-refractivity contribution in [1.29, 1.82) is 0 Å². The molecule has 1 aromatic carbocycles.